The molecule has 1 atom stereocenters. The summed E-state index contributed by atoms with van der Waals surface area (Å²) >= 11 is 0. The normalized spacial score (nSPS) is 30.5. The number of carbonyl (C=O) groups excluding carboxylic acids is 2. The van der Waals surface area contributed by atoms with Crippen LogP contribution in [0.5, 0.6) is 0 Å². The van der Waals surface area contributed by atoms with Gasteiger partial charge in [-0.3, -0.25) is 9.59 Å². The summed E-state index contributed by atoms with van der Waals surface area (Å²) in [6.07, 6.45) is 9.20. The molecular formula is C20H33N3O2. The highest BCUT2D eigenvalue weighted by molar-refractivity contribution is 5.84. The Morgan fingerprint density at radius 3 is 2.12 bits per heavy atom. The van der Waals surface area contributed by atoms with Gasteiger partial charge in [-0.05, 0) is 32.7 Å². The molecule has 2 aliphatic heterocycles. The van der Waals surface area contributed by atoms with Crippen molar-refractivity contribution in [1.29, 1.82) is 0 Å². The first-order valence-corrected chi connectivity index (χ1v) is 10.4. The fourth-order valence-electron chi connectivity index (χ4n) is 5.74. The highest BCUT2D eigenvalue weighted by Crippen LogP contribution is 2.50. The molecule has 2 heterocycles. The molecule has 0 aromatic carbocycles. The predicted molar refractivity (Wildman–Crippen MR) is 97.0 cm³/mol. The van der Waals surface area contributed by atoms with Crippen LogP contribution in [-0.2, 0) is 9.59 Å². The van der Waals surface area contributed by atoms with Gasteiger partial charge in [-0.1, -0.05) is 25.7 Å². The van der Waals surface area contributed by atoms with Crippen molar-refractivity contribution in [2.75, 3.05) is 46.3 Å². The number of likely N-dealkylation sites (N-methyl/N-ethyl adjacent to an activating group) is 1. The Balaban J connectivity index is 1.49. The maximum atomic E-state index is 13.3. The quantitative estimate of drug-likeness (QED) is 0.767. The molecule has 25 heavy (non-hydrogen) atoms. The molecule has 140 valence electrons. The summed E-state index contributed by atoms with van der Waals surface area (Å²) in [4.78, 5) is 32.7. The lowest BCUT2D eigenvalue weighted by molar-refractivity contribution is -0.140. The van der Waals surface area contributed by atoms with Gasteiger partial charge in [-0.15, -0.1) is 0 Å². The fraction of sp³-hybridized carbons (Fsp3) is 0.900. The lowest BCUT2D eigenvalue weighted by Crippen LogP contribution is -2.51. The van der Waals surface area contributed by atoms with Gasteiger partial charge in [-0.25, -0.2) is 0 Å². The number of rotatable bonds is 2. The van der Waals surface area contributed by atoms with Gasteiger partial charge in [0.15, 0.2) is 0 Å². The zero-order chi connectivity index (χ0) is 17.4. The lowest BCUT2D eigenvalue weighted by Gasteiger charge is -2.37. The third-order valence-corrected chi connectivity index (χ3v) is 7.38. The summed E-state index contributed by atoms with van der Waals surface area (Å²) in [6.45, 7) is 5.15. The van der Waals surface area contributed by atoms with Crippen LogP contribution in [0.4, 0.5) is 0 Å². The van der Waals surface area contributed by atoms with Crippen molar-refractivity contribution >= 4 is 11.8 Å². The average Bonchev–Trinajstić information content (AvgIpc) is 3.36. The molecule has 0 aromatic heterocycles. The summed E-state index contributed by atoms with van der Waals surface area (Å²) < 4.78 is 0. The van der Waals surface area contributed by atoms with E-state index >= 15 is 0 Å². The number of hydrogen-bond acceptors (Lipinski definition) is 3. The minimum Gasteiger partial charge on any atom is -0.341 e. The van der Waals surface area contributed by atoms with Gasteiger partial charge >= 0.3 is 0 Å². The maximum absolute atomic E-state index is 13.3. The molecule has 1 spiro atoms. The first-order valence-electron chi connectivity index (χ1n) is 10.4. The Bertz CT molecular complexity index is 515. The van der Waals surface area contributed by atoms with E-state index in [9.17, 15) is 9.59 Å². The topological polar surface area (TPSA) is 43.9 Å². The second-order valence-corrected chi connectivity index (χ2v) is 8.95. The van der Waals surface area contributed by atoms with E-state index in [1.54, 1.807) is 0 Å². The summed E-state index contributed by atoms with van der Waals surface area (Å²) in [5, 5.41) is 0. The van der Waals surface area contributed by atoms with Crippen LogP contribution < -0.4 is 0 Å². The molecule has 4 rings (SSSR count). The van der Waals surface area contributed by atoms with Crippen molar-refractivity contribution < 1.29 is 9.59 Å². The Morgan fingerprint density at radius 2 is 1.48 bits per heavy atom. The van der Waals surface area contributed by atoms with Crippen LogP contribution in [0, 0.1) is 17.3 Å². The van der Waals surface area contributed by atoms with E-state index in [1.165, 1.54) is 25.7 Å². The van der Waals surface area contributed by atoms with Crippen molar-refractivity contribution in [2.45, 2.75) is 51.4 Å². The Kier molecular flexibility index (Phi) is 4.78. The van der Waals surface area contributed by atoms with Gasteiger partial charge in [0.1, 0.15) is 0 Å². The number of piperazine rings is 1. The van der Waals surface area contributed by atoms with Crippen molar-refractivity contribution in [3.63, 3.8) is 0 Å². The van der Waals surface area contributed by atoms with Crippen LogP contribution in [0.25, 0.3) is 0 Å². The number of amides is 2. The molecule has 4 aliphatic rings. The molecular weight excluding hydrogens is 314 g/mol. The molecule has 2 saturated carbocycles. The minimum absolute atomic E-state index is 0.0451. The standard InChI is InChI=1S/C20H33N3O2/c1-21-10-12-22(13-11-21)19(25)17-14-23(15-20(17)8-4-5-9-20)18(24)16-6-2-3-7-16/h16-17H,2-15H2,1H3. The molecule has 1 unspecified atom stereocenters. The first kappa shape index (κ1) is 17.3. The summed E-state index contributed by atoms with van der Waals surface area (Å²) in [5.41, 5.74) is 0.0781. The van der Waals surface area contributed by atoms with Gasteiger partial charge in [0.25, 0.3) is 0 Å². The molecule has 0 aromatic rings. The van der Waals surface area contributed by atoms with E-state index in [0.29, 0.717) is 18.4 Å². The highest BCUT2D eigenvalue weighted by Gasteiger charge is 2.53. The number of carbonyl (C=O) groups is 2. The van der Waals surface area contributed by atoms with E-state index in [1.807, 2.05) is 0 Å². The summed E-state index contributed by atoms with van der Waals surface area (Å²) in [5.74, 6) is 0.953. The maximum Gasteiger partial charge on any atom is 0.228 e. The molecule has 5 heteroatoms. The van der Waals surface area contributed by atoms with E-state index in [2.05, 4.69) is 21.7 Å². The van der Waals surface area contributed by atoms with Crippen molar-refractivity contribution in [1.82, 2.24) is 14.7 Å². The Hall–Kier alpha value is -1.10. The van der Waals surface area contributed by atoms with Crippen molar-refractivity contribution in [2.24, 2.45) is 17.3 Å². The van der Waals surface area contributed by atoms with E-state index in [0.717, 1.165) is 58.4 Å². The largest absolute Gasteiger partial charge is 0.341 e. The van der Waals surface area contributed by atoms with Crippen LogP contribution >= 0.6 is 0 Å². The molecule has 2 amide bonds. The number of hydrogen-bond donors (Lipinski definition) is 0. The van der Waals surface area contributed by atoms with E-state index in [4.69, 9.17) is 0 Å². The van der Waals surface area contributed by atoms with Gasteiger partial charge in [-0.2, -0.15) is 0 Å². The molecule has 4 fully saturated rings. The summed E-state index contributed by atoms with van der Waals surface area (Å²) in [7, 11) is 2.12. The molecule has 5 nitrogen and oxygen atoms in total. The first-order chi connectivity index (χ1) is 12.1. The predicted octanol–water partition coefficient (Wildman–Crippen LogP) is 1.97. The van der Waals surface area contributed by atoms with Crippen LogP contribution in [-0.4, -0.2) is 72.8 Å². The second-order valence-electron chi connectivity index (χ2n) is 8.95. The fourth-order valence-corrected chi connectivity index (χ4v) is 5.74. The van der Waals surface area contributed by atoms with E-state index < -0.39 is 0 Å². The molecule has 2 saturated heterocycles. The zero-order valence-electron chi connectivity index (χ0n) is 15.7. The van der Waals surface area contributed by atoms with Crippen LogP contribution in [0.1, 0.15) is 51.4 Å². The second kappa shape index (κ2) is 6.90. The van der Waals surface area contributed by atoms with Crippen molar-refractivity contribution in [3.8, 4) is 0 Å². The van der Waals surface area contributed by atoms with E-state index in [-0.39, 0.29) is 17.3 Å². The third-order valence-electron chi connectivity index (χ3n) is 7.38. The number of likely N-dealkylation sites (tertiary alicyclic amines) is 1. The monoisotopic (exact) mass is 347 g/mol. The van der Waals surface area contributed by atoms with Gasteiger partial charge in [0, 0.05) is 50.6 Å². The zero-order valence-corrected chi connectivity index (χ0v) is 15.7. The minimum atomic E-state index is 0.0451. The Labute approximate surface area is 151 Å². The van der Waals surface area contributed by atoms with Gasteiger partial charge in [0.2, 0.25) is 11.8 Å². The smallest absolute Gasteiger partial charge is 0.228 e. The summed E-state index contributed by atoms with van der Waals surface area (Å²) in [6, 6.07) is 0. The van der Waals surface area contributed by atoms with Crippen LogP contribution in [0.2, 0.25) is 0 Å². The van der Waals surface area contributed by atoms with Crippen molar-refractivity contribution in [3.05, 3.63) is 0 Å². The van der Waals surface area contributed by atoms with Gasteiger partial charge in [0.05, 0.1) is 5.92 Å². The number of nitrogens with zero attached hydrogens (tertiary/aromatic N) is 3. The van der Waals surface area contributed by atoms with Crippen LogP contribution in [0.3, 0.4) is 0 Å². The molecule has 0 bridgehead atoms. The van der Waals surface area contributed by atoms with Gasteiger partial charge < -0.3 is 14.7 Å². The molecule has 2 aliphatic carbocycles. The third kappa shape index (κ3) is 3.20. The highest BCUT2D eigenvalue weighted by atomic mass is 16.2. The lowest BCUT2D eigenvalue weighted by atomic mass is 9.76. The average molecular weight is 348 g/mol. The SMILES string of the molecule is CN1CCN(C(=O)C2CN(C(=O)C3CCCC3)CC23CCCC3)CC1. The molecule has 0 radical (unpaired) electrons. The molecule has 0 N–H and O–H groups in total. The van der Waals surface area contributed by atoms with Crippen LogP contribution in [0.15, 0.2) is 0 Å². The Morgan fingerprint density at radius 1 is 0.840 bits per heavy atom.